The largest absolute Gasteiger partial charge is 0.373 e. The van der Waals surface area contributed by atoms with Gasteiger partial charge >= 0.3 is 0 Å². The second kappa shape index (κ2) is 8.08. The van der Waals surface area contributed by atoms with Gasteiger partial charge in [-0.2, -0.15) is 0 Å². The van der Waals surface area contributed by atoms with E-state index in [0.717, 1.165) is 19.5 Å². The maximum atomic E-state index is 5.47. The predicted octanol–water partition coefficient (Wildman–Crippen LogP) is 2.89. The molecular formula is C14H21NO. The molecular weight excluding hydrogens is 198 g/mol. The van der Waals surface area contributed by atoms with Gasteiger partial charge in [-0.3, -0.25) is 0 Å². The van der Waals surface area contributed by atoms with Gasteiger partial charge < -0.3 is 10.1 Å². The first-order chi connectivity index (χ1) is 7.88. The van der Waals surface area contributed by atoms with Crippen LogP contribution in [0, 0.1) is 0 Å². The van der Waals surface area contributed by atoms with E-state index >= 15 is 0 Å². The number of rotatable bonds is 8. The van der Waals surface area contributed by atoms with Crippen molar-refractivity contribution in [3.8, 4) is 0 Å². The van der Waals surface area contributed by atoms with E-state index in [1.165, 1.54) is 11.1 Å². The van der Waals surface area contributed by atoms with Gasteiger partial charge in [-0.25, -0.2) is 0 Å². The van der Waals surface area contributed by atoms with Gasteiger partial charge in [-0.1, -0.05) is 37.3 Å². The number of hydrogen-bond donors (Lipinski definition) is 1. The van der Waals surface area contributed by atoms with Crippen molar-refractivity contribution in [3.05, 3.63) is 48.0 Å². The summed E-state index contributed by atoms with van der Waals surface area (Å²) in [6.07, 6.45) is 2.94. The molecule has 88 valence electrons. The normalized spacial score (nSPS) is 10.3. The van der Waals surface area contributed by atoms with Crippen LogP contribution in [-0.4, -0.2) is 13.2 Å². The zero-order chi connectivity index (χ0) is 11.6. The summed E-state index contributed by atoms with van der Waals surface area (Å²) in [5, 5.41) is 3.41. The Balaban J connectivity index is 2.49. The molecule has 1 N–H and O–H groups in total. The van der Waals surface area contributed by atoms with Gasteiger partial charge in [-0.15, -0.1) is 6.58 Å². The quantitative estimate of drug-likeness (QED) is 0.536. The molecule has 0 spiro atoms. The van der Waals surface area contributed by atoms with Gasteiger partial charge in [0.25, 0.3) is 0 Å². The molecule has 0 aromatic heterocycles. The highest BCUT2D eigenvalue weighted by Crippen LogP contribution is 2.09. The van der Waals surface area contributed by atoms with Crippen molar-refractivity contribution in [1.29, 1.82) is 0 Å². The minimum atomic E-state index is 0.608. The molecule has 2 heteroatoms. The van der Waals surface area contributed by atoms with E-state index < -0.39 is 0 Å². The van der Waals surface area contributed by atoms with Crippen LogP contribution >= 0.6 is 0 Å². The molecule has 0 unspecified atom stereocenters. The van der Waals surface area contributed by atoms with Crippen LogP contribution in [0.3, 0.4) is 0 Å². The van der Waals surface area contributed by atoms with Crippen LogP contribution in [0.5, 0.6) is 0 Å². The first kappa shape index (κ1) is 12.9. The van der Waals surface area contributed by atoms with Crippen molar-refractivity contribution in [3.63, 3.8) is 0 Å². The lowest BCUT2D eigenvalue weighted by molar-refractivity contribution is 0.148. The Labute approximate surface area is 98.3 Å². The van der Waals surface area contributed by atoms with Crippen molar-refractivity contribution >= 4 is 0 Å². The molecule has 16 heavy (non-hydrogen) atoms. The monoisotopic (exact) mass is 219 g/mol. The van der Waals surface area contributed by atoms with Crippen LogP contribution in [0.4, 0.5) is 0 Å². The lowest BCUT2D eigenvalue weighted by Gasteiger charge is -2.10. The molecule has 0 atom stereocenters. The van der Waals surface area contributed by atoms with Crippen molar-refractivity contribution in [2.75, 3.05) is 13.2 Å². The maximum Gasteiger partial charge on any atom is 0.0724 e. The van der Waals surface area contributed by atoms with Crippen LogP contribution in [0.15, 0.2) is 36.9 Å². The summed E-state index contributed by atoms with van der Waals surface area (Å²) in [4.78, 5) is 0. The summed E-state index contributed by atoms with van der Waals surface area (Å²) in [6.45, 7) is 9.06. The standard InChI is InChI=1S/C14H21NO/c1-3-9-15-11-13-7-5-6-8-14(13)12-16-10-4-2/h4-8,15H,2-3,9-12H2,1H3. The molecule has 0 saturated heterocycles. The summed E-state index contributed by atoms with van der Waals surface area (Å²) in [6, 6.07) is 8.39. The summed E-state index contributed by atoms with van der Waals surface area (Å²) >= 11 is 0. The lowest BCUT2D eigenvalue weighted by Crippen LogP contribution is -2.15. The average molecular weight is 219 g/mol. The molecule has 0 bridgehead atoms. The van der Waals surface area contributed by atoms with Gasteiger partial charge in [0.2, 0.25) is 0 Å². The van der Waals surface area contributed by atoms with Gasteiger partial charge in [-0.05, 0) is 24.1 Å². The minimum absolute atomic E-state index is 0.608. The van der Waals surface area contributed by atoms with Crippen molar-refractivity contribution in [1.82, 2.24) is 5.32 Å². The molecule has 0 aliphatic rings. The zero-order valence-electron chi connectivity index (χ0n) is 10.0. The van der Waals surface area contributed by atoms with Crippen LogP contribution in [0.25, 0.3) is 0 Å². The third-order valence-corrected chi connectivity index (χ3v) is 2.35. The Hall–Kier alpha value is -1.12. The summed E-state index contributed by atoms with van der Waals surface area (Å²) in [7, 11) is 0. The third kappa shape index (κ3) is 4.60. The second-order valence-electron chi connectivity index (χ2n) is 3.75. The third-order valence-electron chi connectivity index (χ3n) is 2.35. The highest BCUT2D eigenvalue weighted by molar-refractivity contribution is 5.26. The molecule has 0 amide bonds. The van der Waals surface area contributed by atoms with Gasteiger partial charge in [0.15, 0.2) is 0 Å². The minimum Gasteiger partial charge on any atom is -0.373 e. The molecule has 0 heterocycles. The highest BCUT2D eigenvalue weighted by atomic mass is 16.5. The Kier molecular flexibility index (Phi) is 6.54. The molecule has 0 saturated carbocycles. The first-order valence-electron chi connectivity index (χ1n) is 5.84. The number of ether oxygens (including phenoxy) is 1. The molecule has 1 rings (SSSR count). The highest BCUT2D eigenvalue weighted by Gasteiger charge is 2.00. The Morgan fingerprint density at radius 2 is 2.06 bits per heavy atom. The van der Waals surface area contributed by atoms with E-state index in [9.17, 15) is 0 Å². The smallest absolute Gasteiger partial charge is 0.0724 e. The Morgan fingerprint density at radius 3 is 2.75 bits per heavy atom. The van der Waals surface area contributed by atoms with Gasteiger partial charge in [0.05, 0.1) is 13.2 Å². The number of benzene rings is 1. The van der Waals surface area contributed by atoms with E-state index in [-0.39, 0.29) is 0 Å². The fourth-order valence-corrected chi connectivity index (χ4v) is 1.52. The Bertz CT molecular complexity index is 309. The van der Waals surface area contributed by atoms with Crippen molar-refractivity contribution < 1.29 is 4.74 Å². The SMILES string of the molecule is C=CCOCc1ccccc1CNCCC. The fourth-order valence-electron chi connectivity index (χ4n) is 1.52. The number of hydrogen-bond acceptors (Lipinski definition) is 2. The van der Waals surface area contributed by atoms with Crippen molar-refractivity contribution in [2.24, 2.45) is 0 Å². The molecule has 0 aliphatic carbocycles. The van der Waals surface area contributed by atoms with Crippen LogP contribution in [-0.2, 0) is 17.9 Å². The van der Waals surface area contributed by atoms with Gasteiger partial charge in [0, 0.05) is 6.54 Å². The van der Waals surface area contributed by atoms with Crippen LogP contribution in [0.1, 0.15) is 24.5 Å². The summed E-state index contributed by atoms with van der Waals surface area (Å²) < 4.78 is 5.47. The van der Waals surface area contributed by atoms with Gasteiger partial charge in [0.1, 0.15) is 0 Å². The lowest BCUT2D eigenvalue weighted by atomic mass is 10.1. The maximum absolute atomic E-state index is 5.47. The zero-order valence-corrected chi connectivity index (χ0v) is 10.0. The molecule has 1 aromatic rings. The topological polar surface area (TPSA) is 21.3 Å². The van der Waals surface area contributed by atoms with Crippen LogP contribution < -0.4 is 5.32 Å². The van der Waals surface area contributed by atoms with E-state index in [1.54, 1.807) is 6.08 Å². The average Bonchev–Trinajstić information content (AvgIpc) is 2.32. The summed E-state index contributed by atoms with van der Waals surface area (Å²) in [5.74, 6) is 0. The fraction of sp³-hybridized carbons (Fsp3) is 0.429. The number of nitrogens with one attached hydrogen (secondary N) is 1. The van der Waals surface area contributed by atoms with E-state index in [2.05, 4.69) is 43.1 Å². The van der Waals surface area contributed by atoms with E-state index in [0.29, 0.717) is 13.2 Å². The van der Waals surface area contributed by atoms with E-state index in [4.69, 9.17) is 4.74 Å². The summed E-state index contributed by atoms with van der Waals surface area (Å²) in [5.41, 5.74) is 2.58. The molecule has 0 radical (unpaired) electrons. The molecule has 0 fully saturated rings. The molecule has 2 nitrogen and oxygen atoms in total. The second-order valence-corrected chi connectivity index (χ2v) is 3.75. The van der Waals surface area contributed by atoms with Crippen LogP contribution in [0.2, 0.25) is 0 Å². The first-order valence-corrected chi connectivity index (χ1v) is 5.84. The van der Waals surface area contributed by atoms with Crippen molar-refractivity contribution in [2.45, 2.75) is 26.5 Å². The van der Waals surface area contributed by atoms with E-state index in [1.807, 2.05) is 0 Å². The molecule has 1 aromatic carbocycles. The Morgan fingerprint density at radius 1 is 1.31 bits per heavy atom. The molecule has 0 aliphatic heterocycles. The predicted molar refractivity (Wildman–Crippen MR) is 68.3 cm³/mol.